The van der Waals surface area contributed by atoms with E-state index in [4.69, 9.17) is 0 Å². The van der Waals surface area contributed by atoms with E-state index in [1.54, 1.807) is 11.8 Å². The van der Waals surface area contributed by atoms with Gasteiger partial charge < -0.3 is 15.1 Å². The van der Waals surface area contributed by atoms with Crippen LogP contribution >= 0.6 is 0 Å². The standard InChI is InChI=1S/C12H18N2O3S/c1-5-8(2)14-7-12(16)11(15)6-10(14)9(3)13-18(4)17/h5-7,9,11,13,15-16H,1-2H2,3-4H3. The fourth-order valence-corrected chi connectivity index (χ4v) is 2.24. The van der Waals surface area contributed by atoms with Crippen LogP contribution in [-0.2, 0) is 11.0 Å². The predicted octanol–water partition coefficient (Wildman–Crippen LogP) is 0.917. The number of hydrogen-bond acceptors (Lipinski definition) is 4. The van der Waals surface area contributed by atoms with Gasteiger partial charge in [0.1, 0.15) is 11.9 Å². The molecule has 0 aromatic rings. The Balaban J connectivity index is 3.04. The van der Waals surface area contributed by atoms with E-state index in [1.165, 1.54) is 24.6 Å². The molecular weight excluding hydrogens is 252 g/mol. The molecule has 3 unspecified atom stereocenters. The summed E-state index contributed by atoms with van der Waals surface area (Å²) in [6.07, 6.45) is 4.85. The Labute approximate surface area is 109 Å². The maximum atomic E-state index is 11.2. The highest BCUT2D eigenvalue weighted by Gasteiger charge is 2.24. The molecule has 18 heavy (non-hydrogen) atoms. The average Bonchev–Trinajstić information content (AvgIpc) is 2.30. The SMILES string of the molecule is C=CC(=C)N1C=C(O)C(O)C=C1C(C)NS(C)=O. The first kappa shape index (κ1) is 14.7. The molecule has 1 heterocycles. The van der Waals surface area contributed by atoms with Gasteiger partial charge in [-0.05, 0) is 19.1 Å². The quantitative estimate of drug-likeness (QED) is 0.650. The molecule has 0 bridgehead atoms. The smallest absolute Gasteiger partial charge is 0.141 e. The van der Waals surface area contributed by atoms with Crippen LogP contribution < -0.4 is 4.72 Å². The second-order valence-electron chi connectivity index (χ2n) is 3.95. The van der Waals surface area contributed by atoms with Crippen molar-refractivity contribution in [3.63, 3.8) is 0 Å². The number of nitrogens with one attached hydrogen (secondary N) is 1. The topological polar surface area (TPSA) is 72.8 Å². The van der Waals surface area contributed by atoms with Crippen molar-refractivity contribution in [3.05, 3.63) is 48.7 Å². The minimum absolute atomic E-state index is 0.174. The summed E-state index contributed by atoms with van der Waals surface area (Å²) < 4.78 is 14.0. The zero-order chi connectivity index (χ0) is 13.9. The Kier molecular flexibility index (Phi) is 4.89. The van der Waals surface area contributed by atoms with Gasteiger partial charge in [0.05, 0.1) is 17.0 Å². The number of aliphatic hydroxyl groups is 2. The van der Waals surface area contributed by atoms with E-state index in [2.05, 4.69) is 17.9 Å². The minimum atomic E-state index is -1.19. The fourth-order valence-electron chi connectivity index (χ4n) is 1.62. The predicted molar refractivity (Wildman–Crippen MR) is 72.6 cm³/mol. The molecule has 0 aliphatic carbocycles. The van der Waals surface area contributed by atoms with E-state index >= 15 is 0 Å². The summed E-state index contributed by atoms with van der Waals surface area (Å²) >= 11 is 0. The van der Waals surface area contributed by atoms with Crippen molar-refractivity contribution < 1.29 is 14.4 Å². The Morgan fingerprint density at radius 2 is 2.33 bits per heavy atom. The largest absolute Gasteiger partial charge is 0.508 e. The van der Waals surface area contributed by atoms with E-state index < -0.39 is 17.1 Å². The lowest BCUT2D eigenvalue weighted by Crippen LogP contribution is -2.38. The number of allylic oxidation sites excluding steroid dienone is 1. The Hall–Kier alpha value is -1.37. The van der Waals surface area contributed by atoms with E-state index in [0.29, 0.717) is 11.4 Å². The second-order valence-corrected chi connectivity index (χ2v) is 5.09. The third kappa shape index (κ3) is 3.32. The van der Waals surface area contributed by atoms with Crippen LogP contribution in [0.2, 0.25) is 0 Å². The molecule has 1 aliphatic rings. The molecular formula is C12H18N2O3S. The van der Waals surface area contributed by atoms with Gasteiger partial charge in [-0.15, -0.1) is 0 Å². The molecule has 100 valence electrons. The zero-order valence-electron chi connectivity index (χ0n) is 10.5. The van der Waals surface area contributed by atoms with Crippen molar-refractivity contribution in [2.75, 3.05) is 6.26 Å². The van der Waals surface area contributed by atoms with Crippen molar-refractivity contribution in [2.45, 2.75) is 19.1 Å². The Bertz CT molecular complexity index is 443. The third-order valence-electron chi connectivity index (χ3n) is 2.50. The van der Waals surface area contributed by atoms with Gasteiger partial charge in [-0.3, -0.25) is 0 Å². The maximum absolute atomic E-state index is 11.2. The summed E-state index contributed by atoms with van der Waals surface area (Å²) in [5.74, 6) is -0.174. The normalized spacial score (nSPS) is 22.8. The van der Waals surface area contributed by atoms with Gasteiger partial charge in [-0.1, -0.05) is 13.2 Å². The fraction of sp³-hybridized carbons (Fsp3) is 0.333. The summed E-state index contributed by atoms with van der Waals surface area (Å²) in [5.41, 5.74) is 1.20. The number of aliphatic hydroxyl groups excluding tert-OH is 2. The van der Waals surface area contributed by atoms with Crippen molar-refractivity contribution in [1.29, 1.82) is 0 Å². The maximum Gasteiger partial charge on any atom is 0.141 e. The highest BCUT2D eigenvalue weighted by atomic mass is 32.2. The first-order chi connectivity index (χ1) is 8.36. The zero-order valence-corrected chi connectivity index (χ0v) is 11.3. The van der Waals surface area contributed by atoms with Crippen LogP contribution in [0.25, 0.3) is 0 Å². The van der Waals surface area contributed by atoms with Crippen LogP contribution in [0.1, 0.15) is 6.92 Å². The van der Waals surface area contributed by atoms with Gasteiger partial charge in [-0.2, -0.15) is 0 Å². The van der Waals surface area contributed by atoms with Crippen LogP contribution in [-0.4, -0.2) is 37.7 Å². The van der Waals surface area contributed by atoms with Crippen LogP contribution in [0.5, 0.6) is 0 Å². The van der Waals surface area contributed by atoms with Crippen molar-refractivity contribution in [1.82, 2.24) is 9.62 Å². The van der Waals surface area contributed by atoms with Gasteiger partial charge in [0.15, 0.2) is 0 Å². The van der Waals surface area contributed by atoms with Gasteiger partial charge in [0.2, 0.25) is 0 Å². The number of hydrogen-bond donors (Lipinski definition) is 3. The van der Waals surface area contributed by atoms with Crippen LogP contribution in [0, 0.1) is 0 Å². The average molecular weight is 270 g/mol. The first-order valence-electron chi connectivity index (χ1n) is 5.37. The molecule has 3 N–H and O–H groups in total. The summed E-state index contributed by atoms with van der Waals surface area (Å²) in [5, 5.41) is 19.2. The lowest BCUT2D eigenvalue weighted by Gasteiger charge is -2.32. The molecule has 1 aliphatic heterocycles. The number of nitrogens with zero attached hydrogens (tertiary/aromatic N) is 1. The molecule has 0 fully saturated rings. The molecule has 0 saturated carbocycles. The van der Waals surface area contributed by atoms with Crippen molar-refractivity contribution in [2.24, 2.45) is 0 Å². The third-order valence-corrected chi connectivity index (χ3v) is 3.19. The molecule has 0 amide bonds. The molecule has 5 nitrogen and oxygen atoms in total. The van der Waals surface area contributed by atoms with Crippen LogP contribution in [0.3, 0.4) is 0 Å². The molecule has 0 aromatic heterocycles. The summed E-state index contributed by atoms with van der Waals surface area (Å²) in [4.78, 5) is 1.60. The van der Waals surface area contributed by atoms with Crippen LogP contribution in [0.15, 0.2) is 48.7 Å². The molecule has 0 aromatic carbocycles. The van der Waals surface area contributed by atoms with E-state index in [-0.39, 0.29) is 11.8 Å². The number of rotatable bonds is 5. The minimum Gasteiger partial charge on any atom is -0.508 e. The Morgan fingerprint density at radius 1 is 1.72 bits per heavy atom. The highest BCUT2D eigenvalue weighted by molar-refractivity contribution is 7.82. The summed E-state index contributed by atoms with van der Waals surface area (Å²) in [6, 6.07) is -0.272. The van der Waals surface area contributed by atoms with Crippen LogP contribution in [0.4, 0.5) is 0 Å². The van der Waals surface area contributed by atoms with Gasteiger partial charge in [0, 0.05) is 23.8 Å². The Morgan fingerprint density at radius 3 is 2.83 bits per heavy atom. The first-order valence-corrected chi connectivity index (χ1v) is 6.93. The molecule has 3 atom stereocenters. The molecule has 0 spiro atoms. The molecule has 0 radical (unpaired) electrons. The lowest BCUT2D eigenvalue weighted by molar-refractivity contribution is 0.178. The monoisotopic (exact) mass is 270 g/mol. The van der Waals surface area contributed by atoms with Gasteiger partial charge in [0.25, 0.3) is 0 Å². The molecule has 6 heteroatoms. The molecule has 1 rings (SSSR count). The van der Waals surface area contributed by atoms with E-state index in [0.717, 1.165) is 0 Å². The van der Waals surface area contributed by atoms with E-state index in [1.807, 2.05) is 0 Å². The summed E-state index contributed by atoms with van der Waals surface area (Å²) in [6.45, 7) is 9.21. The molecule has 0 saturated heterocycles. The van der Waals surface area contributed by atoms with Crippen molar-refractivity contribution in [3.8, 4) is 0 Å². The summed E-state index contributed by atoms with van der Waals surface area (Å²) in [7, 11) is -1.19. The highest BCUT2D eigenvalue weighted by Crippen LogP contribution is 2.24. The van der Waals surface area contributed by atoms with Gasteiger partial charge >= 0.3 is 0 Å². The lowest BCUT2D eigenvalue weighted by atomic mass is 10.1. The van der Waals surface area contributed by atoms with E-state index in [9.17, 15) is 14.4 Å². The van der Waals surface area contributed by atoms with Crippen molar-refractivity contribution >= 4 is 11.0 Å². The second kappa shape index (κ2) is 5.99. The van der Waals surface area contributed by atoms with Gasteiger partial charge in [-0.25, -0.2) is 8.93 Å².